The van der Waals surface area contributed by atoms with Crippen LogP contribution >= 0.6 is 39.1 Å². The maximum Gasteiger partial charge on any atom is 0.122 e. The van der Waals surface area contributed by atoms with Gasteiger partial charge >= 0.3 is 0 Å². The van der Waals surface area contributed by atoms with Crippen LogP contribution in [0.4, 0.5) is 0 Å². The smallest absolute Gasteiger partial charge is 0.122 e. The molecule has 20 heavy (non-hydrogen) atoms. The van der Waals surface area contributed by atoms with Crippen LogP contribution in [0.3, 0.4) is 0 Å². The van der Waals surface area contributed by atoms with Gasteiger partial charge in [0.2, 0.25) is 0 Å². The van der Waals surface area contributed by atoms with Crippen molar-refractivity contribution >= 4 is 39.1 Å². The first-order valence-corrected chi connectivity index (χ1v) is 7.51. The molecule has 0 saturated heterocycles. The minimum atomic E-state index is -0.746. The fourth-order valence-electron chi connectivity index (χ4n) is 1.99. The van der Waals surface area contributed by atoms with E-state index >= 15 is 0 Å². The summed E-state index contributed by atoms with van der Waals surface area (Å²) >= 11 is 15.5. The molecular formula is C15H13BrCl2O2. The molecule has 0 saturated carbocycles. The first kappa shape index (κ1) is 15.6. The topological polar surface area (TPSA) is 29.5 Å². The van der Waals surface area contributed by atoms with E-state index in [-0.39, 0.29) is 0 Å². The van der Waals surface area contributed by atoms with Crippen LogP contribution in [0.5, 0.6) is 5.75 Å². The minimum absolute atomic E-state index is 0.392. The summed E-state index contributed by atoms with van der Waals surface area (Å²) in [6.07, 6.45) is -0.354. The van der Waals surface area contributed by atoms with Gasteiger partial charge in [0.05, 0.1) is 13.2 Å². The molecule has 0 fully saturated rings. The normalized spacial score (nSPS) is 12.2. The lowest BCUT2D eigenvalue weighted by Crippen LogP contribution is -2.04. The summed E-state index contributed by atoms with van der Waals surface area (Å²) < 4.78 is 6.23. The van der Waals surface area contributed by atoms with Crippen molar-refractivity contribution in [1.82, 2.24) is 0 Å². The van der Waals surface area contributed by atoms with E-state index in [1.54, 1.807) is 25.3 Å². The Bertz CT molecular complexity index is 617. The Hall–Kier alpha value is -0.740. The van der Waals surface area contributed by atoms with Crippen LogP contribution in [0.2, 0.25) is 10.0 Å². The molecule has 5 heteroatoms. The van der Waals surface area contributed by atoms with Gasteiger partial charge in [-0.2, -0.15) is 0 Å². The maximum absolute atomic E-state index is 10.4. The lowest BCUT2D eigenvalue weighted by molar-refractivity contribution is 0.177. The summed E-state index contributed by atoms with van der Waals surface area (Å²) in [4.78, 5) is 0. The zero-order valence-electron chi connectivity index (χ0n) is 10.7. The molecule has 0 heterocycles. The van der Waals surface area contributed by atoms with Gasteiger partial charge in [0.15, 0.2) is 0 Å². The highest BCUT2D eigenvalue weighted by molar-refractivity contribution is 9.10. The number of hydrogen-bond donors (Lipinski definition) is 1. The van der Waals surface area contributed by atoms with E-state index in [2.05, 4.69) is 15.9 Å². The SMILES string of the molecule is COc1ccc(Br)cc1CC(O)c1cc(Cl)ccc1Cl. The van der Waals surface area contributed by atoms with Crippen molar-refractivity contribution in [3.8, 4) is 5.75 Å². The average molecular weight is 376 g/mol. The van der Waals surface area contributed by atoms with Gasteiger partial charge in [-0.1, -0.05) is 39.1 Å². The molecule has 1 N–H and O–H groups in total. The molecule has 2 aromatic rings. The predicted molar refractivity (Wildman–Crippen MR) is 85.8 cm³/mol. The van der Waals surface area contributed by atoms with Gasteiger partial charge in [-0.05, 0) is 42.0 Å². The molecular weight excluding hydrogens is 363 g/mol. The number of benzene rings is 2. The first-order chi connectivity index (χ1) is 9.51. The van der Waals surface area contributed by atoms with Crippen LogP contribution in [0.1, 0.15) is 17.2 Å². The third-order valence-corrected chi connectivity index (χ3v) is 4.05. The molecule has 0 aromatic heterocycles. The van der Waals surface area contributed by atoms with Crippen molar-refractivity contribution in [1.29, 1.82) is 0 Å². The van der Waals surface area contributed by atoms with Gasteiger partial charge in [-0.15, -0.1) is 0 Å². The molecule has 0 amide bonds. The van der Waals surface area contributed by atoms with E-state index in [4.69, 9.17) is 27.9 Å². The molecule has 1 atom stereocenters. The quantitative estimate of drug-likeness (QED) is 0.810. The number of aliphatic hydroxyl groups excluding tert-OH is 1. The summed E-state index contributed by atoms with van der Waals surface area (Å²) in [5.41, 5.74) is 1.51. The van der Waals surface area contributed by atoms with E-state index in [9.17, 15) is 5.11 Å². The molecule has 106 valence electrons. The Morgan fingerprint density at radius 1 is 1.20 bits per heavy atom. The molecule has 0 aliphatic rings. The van der Waals surface area contributed by atoms with Crippen LogP contribution in [0, 0.1) is 0 Å². The highest BCUT2D eigenvalue weighted by atomic mass is 79.9. The van der Waals surface area contributed by atoms with Crippen LogP contribution in [-0.4, -0.2) is 12.2 Å². The lowest BCUT2D eigenvalue weighted by atomic mass is 10.0. The summed E-state index contributed by atoms with van der Waals surface area (Å²) in [5, 5.41) is 11.4. The highest BCUT2D eigenvalue weighted by Crippen LogP contribution is 2.32. The third kappa shape index (κ3) is 3.67. The van der Waals surface area contributed by atoms with E-state index in [1.165, 1.54) is 0 Å². The van der Waals surface area contributed by atoms with Gasteiger partial charge in [0, 0.05) is 26.5 Å². The summed E-state index contributed by atoms with van der Waals surface area (Å²) in [6.45, 7) is 0. The van der Waals surface area contributed by atoms with Crippen LogP contribution in [-0.2, 0) is 6.42 Å². The lowest BCUT2D eigenvalue weighted by Gasteiger charge is -2.15. The average Bonchev–Trinajstić information content (AvgIpc) is 2.41. The summed E-state index contributed by atoms with van der Waals surface area (Å²) in [7, 11) is 1.60. The predicted octanol–water partition coefficient (Wildman–Crippen LogP) is 5.04. The molecule has 1 unspecified atom stereocenters. The van der Waals surface area contributed by atoms with Crippen LogP contribution in [0.15, 0.2) is 40.9 Å². The zero-order chi connectivity index (χ0) is 14.7. The Balaban J connectivity index is 2.29. The number of rotatable bonds is 4. The Morgan fingerprint density at radius 3 is 2.65 bits per heavy atom. The Morgan fingerprint density at radius 2 is 1.95 bits per heavy atom. The van der Waals surface area contributed by atoms with Gasteiger partial charge in [-0.3, -0.25) is 0 Å². The van der Waals surface area contributed by atoms with Gasteiger partial charge in [-0.25, -0.2) is 0 Å². The third-order valence-electron chi connectivity index (χ3n) is 2.97. The van der Waals surface area contributed by atoms with E-state index in [0.717, 1.165) is 15.8 Å². The standard InChI is InChI=1S/C15H13BrCl2O2/c1-20-15-5-2-10(16)6-9(15)7-14(19)12-8-11(17)3-4-13(12)18/h2-6,8,14,19H,7H2,1H3. The van der Waals surface area contributed by atoms with Gasteiger partial charge < -0.3 is 9.84 Å². The van der Waals surface area contributed by atoms with Crippen molar-refractivity contribution in [3.63, 3.8) is 0 Å². The fourth-order valence-corrected chi connectivity index (χ4v) is 2.83. The molecule has 2 aromatic carbocycles. The summed E-state index contributed by atoms with van der Waals surface area (Å²) in [5.74, 6) is 0.727. The van der Waals surface area contributed by atoms with E-state index < -0.39 is 6.10 Å². The van der Waals surface area contributed by atoms with Gasteiger partial charge in [0.25, 0.3) is 0 Å². The van der Waals surface area contributed by atoms with Crippen molar-refractivity contribution < 1.29 is 9.84 Å². The highest BCUT2D eigenvalue weighted by Gasteiger charge is 2.15. The van der Waals surface area contributed by atoms with Crippen molar-refractivity contribution in [3.05, 3.63) is 62.0 Å². The number of hydrogen-bond acceptors (Lipinski definition) is 2. The Labute approximate surface area is 136 Å². The fraction of sp³-hybridized carbons (Fsp3) is 0.200. The second kappa shape index (κ2) is 6.81. The minimum Gasteiger partial charge on any atom is -0.496 e. The van der Waals surface area contributed by atoms with E-state index in [0.29, 0.717) is 22.0 Å². The Kier molecular flexibility index (Phi) is 5.33. The number of ether oxygens (including phenoxy) is 1. The molecule has 0 spiro atoms. The molecule has 0 aliphatic heterocycles. The van der Waals surface area contributed by atoms with Crippen molar-refractivity contribution in [2.24, 2.45) is 0 Å². The number of aliphatic hydroxyl groups is 1. The van der Waals surface area contributed by atoms with E-state index in [1.807, 2.05) is 18.2 Å². The zero-order valence-corrected chi connectivity index (χ0v) is 13.8. The second-order valence-corrected chi connectivity index (χ2v) is 6.10. The van der Waals surface area contributed by atoms with Crippen LogP contribution in [0.25, 0.3) is 0 Å². The monoisotopic (exact) mass is 374 g/mol. The number of methoxy groups -OCH3 is 1. The first-order valence-electron chi connectivity index (χ1n) is 5.96. The maximum atomic E-state index is 10.4. The second-order valence-electron chi connectivity index (χ2n) is 4.34. The molecule has 0 radical (unpaired) electrons. The van der Waals surface area contributed by atoms with Crippen LogP contribution < -0.4 is 4.74 Å². The van der Waals surface area contributed by atoms with Crippen molar-refractivity contribution in [2.45, 2.75) is 12.5 Å². The van der Waals surface area contributed by atoms with Gasteiger partial charge in [0.1, 0.15) is 5.75 Å². The van der Waals surface area contributed by atoms with Crippen molar-refractivity contribution in [2.75, 3.05) is 7.11 Å². The molecule has 2 rings (SSSR count). The molecule has 0 bridgehead atoms. The largest absolute Gasteiger partial charge is 0.496 e. The summed E-state index contributed by atoms with van der Waals surface area (Å²) in [6, 6.07) is 10.7. The molecule has 2 nitrogen and oxygen atoms in total. The molecule has 0 aliphatic carbocycles. The number of halogens is 3.